The van der Waals surface area contributed by atoms with Gasteiger partial charge in [0.25, 0.3) is 5.91 Å². The molecule has 25 heavy (non-hydrogen) atoms. The van der Waals surface area contributed by atoms with E-state index in [4.69, 9.17) is 10.5 Å². The molecule has 2 aliphatic heterocycles. The molecule has 0 saturated carbocycles. The topological polar surface area (TPSA) is 75.9 Å². The summed E-state index contributed by atoms with van der Waals surface area (Å²) in [6, 6.07) is 7.96. The van der Waals surface area contributed by atoms with Gasteiger partial charge in [-0.1, -0.05) is 24.3 Å². The standard InChI is InChI=1S/C19H27N3O3/c1-14-4-2-3-5-15(14)12-18(23)21-8-10-22(11-9-21)19(24)17-7-6-16(13-20)25-17/h2-5,16-17H,6-13,20H2,1H3/t16-,17+/m1/s1. The van der Waals surface area contributed by atoms with Crippen molar-refractivity contribution in [2.75, 3.05) is 32.7 Å². The zero-order valence-corrected chi connectivity index (χ0v) is 14.8. The van der Waals surface area contributed by atoms with E-state index in [1.54, 1.807) is 0 Å². The Morgan fingerprint density at radius 2 is 1.80 bits per heavy atom. The Kier molecular flexibility index (Phi) is 5.71. The van der Waals surface area contributed by atoms with Crippen LogP contribution in [0.15, 0.2) is 24.3 Å². The van der Waals surface area contributed by atoms with Crippen molar-refractivity contribution in [3.05, 3.63) is 35.4 Å². The Labute approximate surface area is 148 Å². The number of nitrogens with zero attached hydrogens (tertiary/aromatic N) is 2. The van der Waals surface area contributed by atoms with Crippen molar-refractivity contribution in [3.8, 4) is 0 Å². The fourth-order valence-electron chi connectivity index (χ4n) is 3.52. The zero-order chi connectivity index (χ0) is 17.8. The molecule has 2 atom stereocenters. The second kappa shape index (κ2) is 7.97. The summed E-state index contributed by atoms with van der Waals surface area (Å²) in [5.74, 6) is 0.170. The van der Waals surface area contributed by atoms with Gasteiger partial charge >= 0.3 is 0 Å². The minimum Gasteiger partial charge on any atom is -0.364 e. The third-order valence-corrected chi connectivity index (χ3v) is 5.19. The number of benzene rings is 1. The molecule has 0 bridgehead atoms. The van der Waals surface area contributed by atoms with Crippen LogP contribution in [0.1, 0.15) is 24.0 Å². The molecule has 0 radical (unpaired) electrons. The molecule has 0 spiro atoms. The van der Waals surface area contributed by atoms with Crippen LogP contribution in [-0.4, -0.2) is 66.5 Å². The number of ether oxygens (including phenoxy) is 1. The highest BCUT2D eigenvalue weighted by molar-refractivity contribution is 5.82. The van der Waals surface area contributed by atoms with Crippen molar-refractivity contribution in [2.45, 2.75) is 38.4 Å². The van der Waals surface area contributed by atoms with E-state index in [0.717, 1.165) is 24.0 Å². The third-order valence-electron chi connectivity index (χ3n) is 5.19. The van der Waals surface area contributed by atoms with Crippen LogP contribution in [0.2, 0.25) is 0 Å². The van der Waals surface area contributed by atoms with Gasteiger partial charge in [0.2, 0.25) is 5.91 Å². The molecule has 0 aliphatic carbocycles. The van der Waals surface area contributed by atoms with Crippen LogP contribution in [0.4, 0.5) is 0 Å². The lowest BCUT2D eigenvalue weighted by molar-refractivity contribution is -0.147. The average molecular weight is 345 g/mol. The fraction of sp³-hybridized carbons (Fsp3) is 0.579. The SMILES string of the molecule is Cc1ccccc1CC(=O)N1CCN(C(=O)[C@@H]2CC[C@H](CN)O2)CC1. The van der Waals surface area contributed by atoms with Gasteiger partial charge in [-0.15, -0.1) is 0 Å². The molecular formula is C19H27N3O3. The van der Waals surface area contributed by atoms with Crippen LogP contribution < -0.4 is 5.73 Å². The van der Waals surface area contributed by atoms with Crippen molar-refractivity contribution in [2.24, 2.45) is 5.73 Å². The first-order chi connectivity index (χ1) is 12.1. The molecule has 2 amide bonds. The Hall–Kier alpha value is -1.92. The summed E-state index contributed by atoms with van der Waals surface area (Å²) < 4.78 is 5.70. The van der Waals surface area contributed by atoms with Gasteiger partial charge in [-0.05, 0) is 30.9 Å². The molecule has 1 aromatic rings. The maximum Gasteiger partial charge on any atom is 0.251 e. The number of hydrogen-bond donors (Lipinski definition) is 1. The van der Waals surface area contributed by atoms with Crippen molar-refractivity contribution < 1.29 is 14.3 Å². The van der Waals surface area contributed by atoms with Gasteiger partial charge in [0.05, 0.1) is 12.5 Å². The molecule has 0 unspecified atom stereocenters. The highest BCUT2D eigenvalue weighted by atomic mass is 16.5. The summed E-state index contributed by atoms with van der Waals surface area (Å²) in [7, 11) is 0. The lowest BCUT2D eigenvalue weighted by Gasteiger charge is -2.36. The van der Waals surface area contributed by atoms with Crippen LogP contribution in [0.25, 0.3) is 0 Å². The summed E-state index contributed by atoms with van der Waals surface area (Å²) in [5.41, 5.74) is 7.81. The van der Waals surface area contributed by atoms with E-state index in [-0.39, 0.29) is 24.0 Å². The number of piperazine rings is 1. The van der Waals surface area contributed by atoms with Crippen molar-refractivity contribution in [1.29, 1.82) is 0 Å². The summed E-state index contributed by atoms with van der Waals surface area (Å²) in [4.78, 5) is 28.7. The highest BCUT2D eigenvalue weighted by Gasteiger charge is 2.34. The van der Waals surface area contributed by atoms with E-state index < -0.39 is 0 Å². The molecule has 2 aliphatic rings. The van der Waals surface area contributed by atoms with E-state index in [1.165, 1.54) is 0 Å². The quantitative estimate of drug-likeness (QED) is 0.872. The van der Waals surface area contributed by atoms with Gasteiger partial charge in [-0.3, -0.25) is 9.59 Å². The van der Waals surface area contributed by atoms with E-state index in [2.05, 4.69) is 0 Å². The first-order valence-electron chi connectivity index (χ1n) is 9.05. The monoisotopic (exact) mass is 345 g/mol. The fourth-order valence-corrected chi connectivity index (χ4v) is 3.52. The molecule has 2 N–H and O–H groups in total. The predicted molar refractivity (Wildman–Crippen MR) is 95.0 cm³/mol. The first-order valence-corrected chi connectivity index (χ1v) is 9.05. The molecule has 3 rings (SSSR count). The number of aryl methyl sites for hydroxylation is 1. The minimum absolute atomic E-state index is 0.00549. The summed E-state index contributed by atoms with van der Waals surface area (Å²) in [6.07, 6.45) is 1.66. The van der Waals surface area contributed by atoms with Crippen LogP contribution in [0.5, 0.6) is 0 Å². The number of carbonyl (C=O) groups excluding carboxylic acids is 2. The number of rotatable bonds is 4. The molecule has 6 heteroatoms. The molecule has 2 fully saturated rings. The second-order valence-corrected chi connectivity index (χ2v) is 6.87. The smallest absolute Gasteiger partial charge is 0.251 e. The van der Waals surface area contributed by atoms with Crippen molar-refractivity contribution in [1.82, 2.24) is 9.80 Å². The van der Waals surface area contributed by atoms with E-state index in [1.807, 2.05) is 41.0 Å². The van der Waals surface area contributed by atoms with Gasteiger partial charge in [0.1, 0.15) is 6.10 Å². The van der Waals surface area contributed by atoms with Gasteiger partial charge in [0.15, 0.2) is 0 Å². The van der Waals surface area contributed by atoms with E-state index in [9.17, 15) is 9.59 Å². The molecule has 136 valence electrons. The second-order valence-electron chi connectivity index (χ2n) is 6.87. The lowest BCUT2D eigenvalue weighted by Crippen LogP contribution is -2.53. The van der Waals surface area contributed by atoms with Gasteiger partial charge in [-0.25, -0.2) is 0 Å². The third kappa shape index (κ3) is 4.19. The molecular weight excluding hydrogens is 318 g/mol. The van der Waals surface area contributed by atoms with Crippen LogP contribution in [0, 0.1) is 6.92 Å². The predicted octanol–water partition coefficient (Wildman–Crippen LogP) is 0.715. The largest absolute Gasteiger partial charge is 0.364 e. The Balaban J connectivity index is 1.49. The summed E-state index contributed by atoms with van der Waals surface area (Å²) in [5, 5.41) is 0. The summed E-state index contributed by atoms with van der Waals surface area (Å²) >= 11 is 0. The number of amides is 2. The van der Waals surface area contributed by atoms with E-state index >= 15 is 0 Å². The van der Waals surface area contributed by atoms with Gasteiger partial charge in [-0.2, -0.15) is 0 Å². The van der Waals surface area contributed by atoms with Crippen LogP contribution in [-0.2, 0) is 20.7 Å². The van der Waals surface area contributed by atoms with Gasteiger partial charge < -0.3 is 20.3 Å². The maximum atomic E-state index is 12.5. The van der Waals surface area contributed by atoms with E-state index in [0.29, 0.717) is 39.1 Å². The highest BCUT2D eigenvalue weighted by Crippen LogP contribution is 2.21. The normalized spacial score (nSPS) is 23.8. The maximum absolute atomic E-state index is 12.5. The first kappa shape index (κ1) is 17.9. The molecule has 1 aromatic carbocycles. The Bertz CT molecular complexity index is 626. The number of hydrogen-bond acceptors (Lipinski definition) is 4. The number of carbonyl (C=O) groups is 2. The van der Waals surface area contributed by atoms with Crippen LogP contribution >= 0.6 is 0 Å². The molecule has 2 saturated heterocycles. The molecule has 0 aromatic heterocycles. The van der Waals surface area contributed by atoms with Crippen molar-refractivity contribution in [3.63, 3.8) is 0 Å². The molecule has 2 heterocycles. The van der Waals surface area contributed by atoms with Crippen LogP contribution in [0.3, 0.4) is 0 Å². The Morgan fingerprint density at radius 3 is 2.44 bits per heavy atom. The number of nitrogens with two attached hydrogens (primary N) is 1. The lowest BCUT2D eigenvalue weighted by atomic mass is 10.1. The van der Waals surface area contributed by atoms with Gasteiger partial charge in [0, 0.05) is 32.7 Å². The minimum atomic E-state index is -0.359. The van der Waals surface area contributed by atoms with Crippen molar-refractivity contribution >= 4 is 11.8 Å². The average Bonchev–Trinajstić information content (AvgIpc) is 3.12. The zero-order valence-electron chi connectivity index (χ0n) is 14.8. The Morgan fingerprint density at radius 1 is 1.12 bits per heavy atom. The molecule has 6 nitrogen and oxygen atoms in total. The summed E-state index contributed by atoms with van der Waals surface area (Å²) in [6.45, 7) is 4.81.